The molecule has 3 atom stereocenters. The summed E-state index contributed by atoms with van der Waals surface area (Å²) in [5, 5.41) is 0. The van der Waals surface area contributed by atoms with Gasteiger partial charge in [0.15, 0.2) is 0 Å². The van der Waals surface area contributed by atoms with Crippen molar-refractivity contribution < 1.29 is 13.2 Å². The van der Waals surface area contributed by atoms with E-state index in [1.165, 1.54) is 0 Å². The van der Waals surface area contributed by atoms with Crippen molar-refractivity contribution in [2.45, 2.75) is 45.6 Å². The Balaban J connectivity index is 1.62. The van der Waals surface area contributed by atoms with Crippen molar-refractivity contribution in [3.63, 3.8) is 0 Å². The number of rotatable bonds is 4. The van der Waals surface area contributed by atoms with E-state index in [9.17, 15) is 13.2 Å². The van der Waals surface area contributed by atoms with Gasteiger partial charge in [0, 0.05) is 18.4 Å². The van der Waals surface area contributed by atoms with E-state index in [1.807, 2.05) is 30.3 Å². The standard InChI is InChI=1S/C19H25NO3S/c1-18(2)15-8-10-19(18,17(21)12-15)13-24(22,23)20-11-9-16(20)14-6-4-3-5-7-14/h3-7,15-16H,8-13H2,1-2H3/t15-,16+,19+/m0/s1. The third-order valence-corrected chi connectivity index (χ3v) is 9.09. The molecule has 4 nitrogen and oxygen atoms in total. The highest BCUT2D eigenvalue weighted by Crippen LogP contribution is 2.64. The Kier molecular flexibility index (Phi) is 3.49. The van der Waals surface area contributed by atoms with Gasteiger partial charge >= 0.3 is 0 Å². The highest BCUT2D eigenvalue weighted by Gasteiger charge is 2.66. The van der Waals surface area contributed by atoms with Crippen LogP contribution in [-0.4, -0.2) is 30.8 Å². The third kappa shape index (κ3) is 2.07. The second kappa shape index (κ2) is 5.15. The van der Waals surface area contributed by atoms with Gasteiger partial charge in [-0.3, -0.25) is 4.79 Å². The average molecular weight is 347 g/mol. The minimum atomic E-state index is -3.44. The highest BCUT2D eigenvalue weighted by atomic mass is 32.2. The molecule has 1 saturated heterocycles. The van der Waals surface area contributed by atoms with Crippen molar-refractivity contribution in [2.75, 3.05) is 12.3 Å². The molecule has 1 heterocycles. The molecule has 1 aromatic rings. The van der Waals surface area contributed by atoms with E-state index >= 15 is 0 Å². The third-order valence-electron chi connectivity index (χ3n) is 7.08. The number of ketones is 1. The molecule has 0 aromatic heterocycles. The molecule has 130 valence electrons. The van der Waals surface area contributed by atoms with Crippen LogP contribution in [-0.2, 0) is 14.8 Å². The molecule has 1 aliphatic heterocycles. The Labute approximate surface area is 144 Å². The number of fused-ring (bicyclic) bond motifs is 2. The molecule has 0 N–H and O–H groups in total. The van der Waals surface area contributed by atoms with E-state index in [0.29, 0.717) is 18.9 Å². The predicted octanol–water partition coefficient (Wildman–Crippen LogP) is 3.16. The summed E-state index contributed by atoms with van der Waals surface area (Å²) in [6.45, 7) is 4.75. The number of Topliss-reactive ketones (excluding diaryl/α,β-unsaturated/α-hetero) is 1. The zero-order valence-electron chi connectivity index (χ0n) is 14.4. The van der Waals surface area contributed by atoms with Crippen molar-refractivity contribution in [1.82, 2.24) is 4.31 Å². The predicted molar refractivity (Wildman–Crippen MR) is 92.9 cm³/mol. The Morgan fingerprint density at radius 2 is 1.88 bits per heavy atom. The van der Waals surface area contributed by atoms with Crippen LogP contribution in [0.3, 0.4) is 0 Å². The molecule has 5 heteroatoms. The van der Waals surface area contributed by atoms with Crippen molar-refractivity contribution in [3.8, 4) is 0 Å². The Hall–Kier alpha value is -1.20. The Morgan fingerprint density at radius 3 is 2.38 bits per heavy atom. The minimum Gasteiger partial charge on any atom is -0.299 e. The lowest BCUT2D eigenvalue weighted by atomic mass is 9.70. The van der Waals surface area contributed by atoms with Gasteiger partial charge in [0.1, 0.15) is 5.78 Å². The maximum atomic E-state index is 13.1. The van der Waals surface area contributed by atoms with E-state index in [4.69, 9.17) is 0 Å². The monoisotopic (exact) mass is 347 g/mol. The van der Waals surface area contributed by atoms with E-state index in [-0.39, 0.29) is 23.0 Å². The summed E-state index contributed by atoms with van der Waals surface area (Å²) < 4.78 is 27.9. The summed E-state index contributed by atoms with van der Waals surface area (Å²) in [5.41, 5.74) is 0.170. The van der Waals surface area contributed by atoms with Gasteiger partial charge in [-0.15, -0.1) is 0 Å². The van der Waals surface area contributed by atoms with Gasteiger partial charge in [-0.25, -0.2) is 8.42 Å². The summed E-state index contributed by atoms with van der Waals surface area (Å²) in [7, 11) is -3.44. The summed E-state index contributed by atoms with van der Waals surface area (Å²) in [6, 6.07) is 9.74. The quantitative estimate of drug-likeness (QED) is 0.841. The zero-order valence-corrected chi connectivity index (χ0v) is 15.2. The molecular weight excluding hydrogens is 322 g/mol. The van der Waals surface area contributed by atoms with E-state index < -0.39 is 15.4 Å². The normalized spacial score (nSPS) is 35.2. The van der Waals surface area contributed by atoms with Crippen LogP contribution in [0.25, 0.3) is 0 Å². The minimum absolute atomic E-state index is 0.00827. The van der Waals surface area contributed by atoms with Gasteiger partial charge in [-0.2, -0.15) is 4.31 Å². The number of nitrogens with zero attached hydrogens (tertiary/aromatic N) is 1. The van der Waals surface area contributed by atoms with Crippen molar-refractivity contribution in [2.24, 2.45) is 16.7 Å². The largest absolute Gasteiger partial charge is 0.299 e. The van der Waals surface area contributed by atoms with Crippen LogP contribution in [0.4, 0.5) is 0 Å². The molecule has 0 spiro atoms. The summed E-state index contributed by atoms with van der Waals surface area (Å²) >= 11 is 0. The van der Waals surface area contributed by atoms with Crippen LogP contribution in [0.2, 0.25) is 0 Å². The van der Waals surface area contributed by atoms with Crippen molar-refractivity contribution >= 4 is 15.8 Å². The van der Waals surface area contributed by atoms with Crippen LogP contribution >= 0.6 is 0 Å². The molecule has 3 fully saturated rings. The molecule has 0 amide bonds. The molecule has 24 heavy (non-hydrogen) atoms. The van der Waals surface area contributed by atoms with Crippen molar-refractivity contribution in [1.29, 1.82) is 0 Å². The highest BCUT2D eigenvalue weighted by molar-refractivity contribution is 7.89. The lowest BCUT2D eigenvalue weighted by Crippen LogP contribution is -2.51. The molecule has 2 aliphatic carbocycles. The maximum Gasteiger partial charge on any atom is 0.215 e. The first-order valence-electron chi connectivity index (χ1n) is 8.86. The Morgan fingerprint density at radius 1 is 1.17 bits per heavy atom. The Bertz CT molecular complexity index is 771. The molecule has 2 saturated carbocycles. The fourth-order valence-electron chi connectivity index (χ4n) is 5.21. The smallest absolute Gasteiger partial charge is 0.215 e. The van der Waals surface area contributed by atoms with Gasteiger partial charge in [-0.05, 0) is 36.2 Å². The van der Waals surface area contributed by atoms with Crippen LogP contribution in [0, 0.1) is 16.7 Å². The number of sulfonamides is 1. The molecule has 4 rings (SSSR count). The van der Waals surface area contributed by atoms with E-state index in [0.717, 1.165) is 24.8 Å². The van der Waals surface area contributed by atoms with Gasteiger partial charge in [0.2, 0.25) is 10.0 Å². The fraction of sp³-hybridized carbons (Fsp3) is 0.632. The second-order valence-corrected chi connectivity index (χ2v) is 10.2. The fourth-order valence-corrected chi connectivity index (χ4v) is 7.67. The van der Waals surface area contributed by atoms with Gasteiger partial charge in [0.05, 0.1) is 11.8 Å². The van der Waals surface area contributed by atoms with Gasteiger partial charge in [-0.1, -0.05) is 44.2 Å². The summed E-state index contributed by atoms with van der Waals surface area (Å²) in [6.07, 6.45) is 3.13. The average Bonchev–Trinajstić information content (AvgIpc) is 2.80. The van der Waals surface area contributed by atoms with Crippen LogP contribution in [0.15, 0.2) is 30.3 Å². The SMILES string of the molecule is CC1(C)[C@H]2CC[C@@]1(CS(=O)(=O)N1CC[C@@H]1c1ccccc1)C(=O)C2. The second-order valence-electron chi connectivity index (χ2n) is 8.25. The molecular formula is C19H25NO3S. The number of hydrogen-bond acceptors (Lipinski definition) is 3. The molecule has 0 radical (unpaired) electrons. The van der Waals surface area contributed by atoms with Crippen molar-refractivity contribution in [3.05, 3.63) is 35.9 Å². The molecule has 2 bridgehead atoms. The molecule has 3 aliphatic rings. The number of benzene rings is 1. The molecule has 1 aromatic carbocycles. The van der Waals surface area contributed by atoms with E-state index in [2.05, 4.69) is 13.8 Å². The lowest BCUT2D eigenvalue weighted by Gasteiger charge is -2.43. The summed E-state index contributed by atoms with van der Waals surface area (Å²) in [5.74, 6) is 0.511. The van der Waals surface area contributed by atoms with Crippen LogP contribution < -0.4 is 0 Å². The van der Waals surface area contributed by atoms with Gasteiger partial charge < -0.3 is 0 Å². The summed E-state index contributed by atoms with van der Waals surface area (Å²) in [4.78, 5) is 12.6. The van der Waals surface area contributed by atoms with Crippen LogP contribution in [0.1, 0.15) is 51.1 Å². The maximum absolute atomic E-state index is 13.1. The van der Waals surface area contributed by atoms with Crippen LogP contribution in [0.5, 0.6) is 0 Å². The topological polar surface area (TPSA) is 54.5 Å². The zero-order chi connectivity index (χ0) is 17.2. The van der Waals surface area contributed by atoms with Gasteiger partial charge in [0.25, 0.3) is 0 Å². The van der Waals surface area contributed by atoms with E-state index in [1.54, 1.807) is 4.31 Å². The molecule has 0 unspecified atom stereocenters. The number of carbonyl (C=O) groups is 1. The lowest BCUT2D eigenvalue weighted by molar-refractivity contribution is -0.128. The first-order valence-corrected chi connectivity index (χ1v) is 10.5. The first-order chi connectivity index (χ1) is 11.3. The number of hydrogen-bond donors (Lipinski definition) is 0. The number of carbonyl (C=O) groups excluding carboxylic acids is 1. The first kappa shape index (κ1) is 16.3.